The van der Waals surface area contributed by atoms with Crippen LogP contribution < -0.4 is 9.47 Å². The molecule has 0 aliphatic heterocycles. The highest BCUT2D eigenvalue weighted by atomic mass is 16.5. The molecule has 138 valence electrons. The van der Waals surface area contributed by atoms with Crippen LogP contribution in [0.25, 0.3) is 23.1 Å². The fraction of sp³-hybridized carbons (Fsp3) is 0.182. The summed E-state index contributed by atoms with van der Waals surface area (Å²) in [6.07, 6.45) is 4.58. The molecule has 0 spiro atoms. The number of aromatic nitrogens is 1. The fourth-order valence-electron chi connectivity index (χ4n) is 2.76. The summed E-state index contributed by atoms with van der Waals surface area (Å²) >= 11 is 0. The first-order valence-electron chi connectivity index (χ1n) is 8.74. The van der Waals surface area contributed by atoms with E-state index in [0.717, 1.165) is 12.0 Å². The lowest BCUT2D eigenvalue weighted by Crippen LogP contribution is -2.00. The van der Waals surface area contributed by atoms with Gasteiger partial charge >= 0.3 is 5.97 Å². The molecular weight excluding hydrogens is 342 g/mol. The third kappa shape index (κ3) is 4.26. The van der Waals surface area contributed by atoms with E-state index in [4.69, 9.17) is 9.47 Å². The molecule has 0 amide bonds. The summed E-state index contributed by atoms with van der Waals surface area (Å²) in [5, 5.41) is 10.1. The van der Waals surface area contributed by atoms with Crippen LogP contribution in [-0.4, -0.2) is 29.8 Å². The number of pyridine rings is 1. The van der Waals surface area contributed by atoms with E-state index in [-0.39, 0.29) is 5.56 Å². The molecule has 0 aliphatic carbocycles. The molecule has 0 atom stereocenters. The van der Waals surface area contributed by atoms with Gasteiger partial charge in [-0.2, -0.15) is 0 Å². The molecule has 0 aliphatic rings. The van der Waals surface area contributed by atoms with Crippen molar-refractivity contribution in [1.82, 2.24) is 4.98 Å². The van der Waals surface area contributed by atoms with Crippen LogP contribution in [0.4, 0.5) is 0 Å². The monoisotopic (exact) mass is 363 g/mol. The predicted molar refractivity (Wildman–Crippen MR) is 106 cm³/mol. The minimum atomic E-state index is -0.969. The van der Waals surface area contributed by atoms with Crippen molar-refractivity contribution >= 4 is 29.0 Å². The van der Waals surface area contributed by atoms with Crippen LogP contribution in [0.1, 0.15) is 35.0 Å². The molecule has 0 fully saturated rings. The van der Waals surface area contributed by atoms with Crippen molar-refractivity contribution < 1.29 is 19.4 Å². The summed E-state index contributed by atoms with van der Waals surface area (Å²) in [6.45, 7) is 2.65. The van der Waals surface area contributed by atoms with Crippen molar-refractivity contribution in [2.75, 3.05) is 13.7 Å². The second-order valence-electron chi connectivity index (χ2n) is 6.01. The third-order valence-corrected chi connectivity index (χ3v) is 4.06. The number of aromatic carboxylic acids is 1. The second-order valence-corrected chi connectivity index (χ2v) is 6.01. The molecule has 5 heteroatoms. The van der Waals surface area contributed by atoms with E-state index in [1.165, 1.54) is 0 Å². The molecule has 27 heavy (non-hydrogen) atoms. The zero-order valence-corrected chi connectivity index (χ0v) is 15.3. The number of nitrogens with zero attached hydrogens (tertiary/aromatic N) is 1. The van der Waals surface area contributed by atoms with E-state index in [9.17, 15) is 9.90 Å². The number of benzene rings is 2. The minimum Gasteiger partial charge on any atom is -0.493 e. The number of carboxylic acids is 1. The topological polar surface area (TPSA) is 68.7 Å². The second kappa shape index (κ2) is 8.36. The Labute approximate surface area is 157 Å². The Kier molecular flexibility index (Phi) is 5.71. The first-order valence-corrected chi connectivity index (χ1v) is 8.74. The molecule has 2 aromatic carbocycles. The Bertz CT molecular complexity index is 995. The fourth-order valence-corrected chi connectivity index (χ4v) is 2.76. The standard InChI is InChI=1S/C22H21NO4/c1-3-12-27-21-13-15(9-11-20(21)26-2)8-10-16-14-18(22(24)25)17-6-4-5-7-19(17)23-16/h4-11,13-14H,3,12H2,1-2H3,(H,24,25)/b10-8+. The van der Waals surface area contributed by atoms with E-state index in [1.54, 1.807) is 31.4 Å². The van der Waals surface area contributed by atoms with Gasteiger partial charge in [0.2, 0.25) is 0 Å². The van der Waals surface area contributed by atoms with Gasteiger partial charge in [-0.15, -0.1) is 0 Å². The van der Waals surface area contributed by atoms with Gasteiger partial charge in [0.25, 0.3) is 0 Å². The summed E-state index contributed by atoms with van der Waals surface area (Å²) in [7, 11) is 1.61. The van der Waals surface area contributed by atoms with E-state index in [0.29, 0.717) is 34.7 Å². The number of carbonyl (C=O) groups is 1. The lowest BCUT2D eigenvalue weighted by Gasteiger charge is -2.10. The molecule has 3 aromatic rings. The molecule has 3 rings (SSSR count). The number of rotatable bonds is 7. The zero-order chi connectivity index (χ0) is 19.2. The first kappa shape index (κ1) is 18.5. The molecule has 1 heterocycles. The molecule has 1 N–H and O–H groups in total. The molecule has 0 unspecified atom stereocenters. The zero-order valence-electron chi connectivity index (χ0n) is 15.3. The predicted octanol–water partition coefficient (Wildman–Crippen LogP) is 4.90. The molecule has 0 saturated carbocycles. The van der Waals surface area contributed by atoms with Crippen molar-refractivity contribution in [3.63, 3.8) is 0 Å². The van der Waals surface area contributed by atoms with Crippen LogP contribution >= 0.6 is 0 Å². The van der Waals surface area contributed by atoms with Crippen molar-refractivity contribution in [3.05, 3.63) is 65.4 Å². The van der Waals surface area contributed by atoms with Gasteiger partial charge in [-0.3, -0.25) is 0 Å². The SMILES string of the molecule is CCCOc1cc(/C=C/c2cc(C(=O)O)c3ccccc3n2)ccc1OC. The molecule has 1 aromatic heterocycles. The highest BCUT2D eigenvalue weighted by Gasteiger charge is 2.10. The number of hydrogen-bond acceptors (Lipinski definition) is 4. The van der Waals surface area contributed by atoms with Crippen molar-refractivity contribution in [2.45, 2.75) is 13.3 Å². The summed E-state index contributed by atoms with van der Waals surface area (Å²) in [6, 6.07) is 14.5. The van der Waals surface area contributed by atoms with Gasteiger partial charge < -0.3 is 14.6 Å². The number of hydrogen-bond donors (Lipinski definition) is 1. The van der Waals surface area contributed by atoms with Gasteiger partial charge in [-0.05, 0) is 42.3 Å². The Morgan fingerprint density at radius 3 is 2.67 bits per heavy atom. The first-order chi connectivity index (χ1) is 13.1. The largest absolute Gasteiger partial charge is 0.493 e. The summed E-state index contributed by atoms with van der Waals surface area (Å²) < 4.78 is 11.0. The van der Waals surface area contributed by atoms with Crippen molar-refractivity contribution in [3.8, 4) is 11.5 Å². The van der Waals surface area contributed by atoms with Crippen LogP contribution in [0, 0.1) is 0 Å². The normalized spacial score (nSPS) is 11.0. The van der Waals surface area contributed by atoms with Gasteiger partial charge in [-0.1, -0.05) is 37.3 Å². The highest BCUT2D eigenvalue weighted by molar-refractivity contribution is 6.03. The maximum absolute atomic E-state index is 11.6. The molecule has 0 bridgehead atoms. The maximum Gasteiger partial charge on any atom is 0.336 e. The quantitative estimate of drug-likeness (QED) is 0.646. The molecular formula is C22H21NO4. The molecule has 5 nitrogen and oxygen atoms in total. The maximum atomic E-state index is 11.6. The van der Waals surface area contributed by atoms with Crippen molar-refractivity contribution in [1.29, 1.82) is 0 Å². The van der Waals surface area contributed by atoms with Crippen LogP contribution in [0.2, 0.25) is 0 Å². The molecule has 0 radical (unpaired) electrons. The number of fused-ring (bicyclic) bond motifs is 1. The van der Waals surface area contributed by atoms with Gasteiger partial charge in [0.05, 0.1) is 30.5 Å². The Hall–Kier alpha value is -3.34. The van der Waals surface area contributed by atoms with Crippen molar-refractivity contribution in [2.24, 2.45) is 0 Å². The number of methoxy groups -OCH3 is 1. The van der Waals surface area contributed by atoms with E-state index in [1.807, 2.05) is 43.3 Å². The van der Waals surface area contributed by atoms with E-state index >= 15 is 0 Å². The molecule has 0 saturated heterocycles. The summed E-state index contributed by atoms with van der Waals surface area (Å²) in [4.78, 5) is 16.1. The minimum absolute atomic E-state index is 0.238. The van der Waals surface area contributed by atoms with Gasteiger partial charge in [0.15, 0.2) is 11.5 Å². The lowest BCUT2D eigenvalue weighted by atomic mass is 10.1. The van der Waals surface area contributed by atoms with Crippen LogP contribution in [0.5, 0.6) is 11.5 Å². The van der Waals surface area contributed by atoms with Crippen LogP contribution in [0.15, 0.2) is 48.5 Å². The highest BCUT2D eigenvalue weighted by Crippen LogP contribution is 2.29. The Morgan fingerprint density at radius 2 is 1.93 bits per heavy atom. The number of para-hydroxylation sites is 1. The Balaban J connectivity index is 1.95. The average Bonchev–Trinajstić information content (AvgIpc) is 2.69. The Morgan fingerprint density at radius 1 is 1.11 bits per heavy atom. The van der Waals surface area contributed by atoms with Crippen LogP contribution in [-0.2, 0) is 0 Å². The van der Waals surface area contributed by atoms with Gasteiger partial charge in [0, 0.05) is 5.39 Å². The van der Waals surface area contributed by atoms with E-state index < -0.39 is 5.97 Å². The summed E-state index contributed by atoms with van der Waals surface area (Å²) in [5.41, 5.74) is 2.38. The van der Waals surface area contributed by atoms with E-state index in [2.05, 4.69) is 4.98 Å². The summed E-state index contributed by atoms with van der Waals surface area (Å²) in [5.74, 6) is 0.389. The number of carboxylic acid groups (broad SMARTS) is 1. The lowest BCUT2D eigenvalue weighted by molar-refractivity contribution is 0.0699. The van der Waals surface area contributed by atoms with Gasteiger partial charge in [-0.25, -0.2) is 9.78 Å². The third-order valence-electron chi connectivity index (χ3n) is 4.06. The van der Waals surface area contributed by atoms with Gasteiger partial charge in [0.1, 0.15) is 0 Å². The smallest absolute Gasteiger partial charge is 0.336 e. The number of ether oxygens (including phenoxy) is 2. The van der Waals surface area contributed by atoms with Crippen LogP contribution in [0.3, 0.4) is 0 Å². The average molecular weight is 363 g/mol.